The van der Waals surface area contributed by atoms with Crippen molar-refractivity contribution in [3.8, 4) is 0 Å². The molecule has 2 heteroatoms. The quantitative estimate of drug-likeness (QED) is 0.784. The summed E-state index contributed by atoms with van der Waals surface area (Å²) in [5.74, 6) is 0.575. The predicted molar refractivity (Wildman–Crippen MR) is 70.9 cm³/mol. The van der Waals surface area contributed by atoms with Gasteiger partial charge in [0.05, 0.1) is 6.10 Å². The molecular weight excluding hydrogens is 212 g/mol. The molecule has 0 heterocycles. The molecule has 0 aromatic heterocycles. The molecule has 0 aliphatic heterocycles. The molecule has 0 saturated heterocycles. The highest BCUT2D eigenvalue weighted by molar-refractivity contribution is 5.18. The Bertz CT molecular complexity index is 293. The topological polar surface area (TPSA) is 29.5 Å². The maximum atomic E-state index is 10.3. The molecule has 1 rings (SSSR count). The lowest BCUT2D eigenvalue weighted by molar-refractivity contribution is -0.0253. The van der Waals surface area contributed by atoms with Gasteiger partial charge in [-0.25, -0.2) is 0 Å². The van der Waals surface area contributed by atoms with Gasteiger partial charge in [-0.05, 0) is 17.9 Å². The number of hydrogen-bond donors (Lipinski definition) is 1. The molecular formula is C15H24O2. The molecule has 96 valence electrons. The van der Waals surface area contributed by atoms with E-state index in [4.69, 9.17) is 4.74 Å². The van der Waals surface area contributed by atoms with Crippen molar-refractivity contribution in [2.75, 3.05) is 7.11 Å². The molecule has 1 aromatic rings. The first-order chi connectivity index (χ1) is 8.22. The van der Waals surface area contributed by atoms with Crippen molar-refractivity contribution < 1.29 is 9.84 Å². The van der Waals surface area contributed by atoms with Crippen LogP contribution in [0.2, 0.25) is 0 Å². The van der Waals surface area contributed by atoms with Gasteiger partial charge in [-0.2, -0.15) is 0 Å². The molecule has 2 unspecified atom stereocenters. The van der Waals surface area contributed by atoms with Crippen molar-refractivity contribution in [1.29, 1.82) is 0 Å². The number of rotatable bonds is 7. The van der Waals surface area contributed by atoms with Crippen LogP contribution >= 0.6 is 0 Å². The summed E-state index contributed by atoms with van der Waals surface area (Å²) >= 11 is 0. The molecule has 0 amide bonds. The second-order valence-electron chi connectivity index (χ2n) is 4.55. The van der Waals surface area contributed by atoms with E-state index in [0.717, 1.165) is 24.8 Å². The average Bonchev–Trinajstić information content (AvgIpc) is 2.38. The molecule has 1 N–H and O–H groups in total. The van der Waals surface area contributed by atoms with Gasteiger partial charge in [0.25, 0.3) is 0 Å². The van der Waals surface area contributed by atoms with Gasteiger partial charge in [-0.15, -0.1) is 0 Å². The molecule has 0 aliphatic rings. The van der Waals surface area contributed by atoms with Crippen molar-refractivity contribution in [1.82, 2.24) is 0 Å². The minimum absolute atomic E-state index is 0.211. The van der Waals surface area contributed by atoms with Crippen molar-refractivity contribution in [2.24, 2.45) is 5.92 Å². The third-order valence-corrected chi connectivity index (χ3v) is 3.46. The Hall–Kier alpha value is -0.860. The summed E-state index contributed by atoms with van der Waals surface area (Å²) in [6.45, 7) is 4.34. The van der Waals surface area contributed by atoms with Crippen LogP contribution < -0.4 is 0 Å². The lowest BCUT2D eigenvalue weighted by Crippen LogP contribution is -2.23. The van der Waals surface area contributed by atoms with Crippen molar-refractivity contribution in [2.45, 2.75) is 45.3 Å². The van der Waals surface area contributed by atoms with Crippen LogP contribution in [-0.4, -0.2) is 18.3 Å². The van der Waals surface area contributed by atoms with E-state index < -0.39 is 6.10 Å². The summed E-state index contributed by atoms with van der Waals surface area (Å²) < 4.78 is 5.44. The summed E-state index contributed by atoms with van der Waals surface area (Å²) in [7, 11) is 1.66. The van der Waals surface area contributed by atoms with E-state index in [1.807, 2.05) is 30.3 Å². The minimum atomic E-state index is -0.424. The molecule has 2 atom stereocenters. The molecule has 17 heavy (non-hydrogen) atoms. The lowest BCUT2D eigenvalue weighted by atomic mass is 9.91. The Morgan fingerprint density at radius 3 is 2.18 bits per heavy atom. The minimum Gasteiger partial charge on any atom is -0.390 e. The molecule has 1 aromatic carbocycles. The first-order valence-corrected chi connectivity index (χ1v) is 6.48. The van der Waals surface area contributed by atoms with Gasteiger partial charge in [0, 0.05) is 7.11 Å². The third-order valence-electron chi connectivity index (χ3n) is 3.46. The van der Waals surface area contributed by atoms with E-state index in [0.29, 0.717) is 5.92 Å². The van der Waals surface area contributed by atoms with Gasteiger partial charge < -0.3 is 9.84 Å². The summed E-state index contributed by atoms with van der Waals surface area (Å²) in [6.07, 6.45) is 2.39. The van der Waals surface area contributed by atoms with Crippen LogP contribution in [0.1, 0.15) is 44.8 Å². The zero-order valence-electron chi connectivity index (χ0n) is 11.1. The van der Waals surface area contributed by atoms with Crippen LogP contribution in [0.25, 0.3) is 0 Å². The maximum Gasteiger partial charge on any atom is 0.108 e. The molecule has 0 saturated carbocycles. The molecule has 0 bridgehead atoms. The maximum absolute atomic E-state index is 10.3. The highest BCUT2D eigenvalue weighted by Crippen LogP contribution is 2.26. The van der Waals surface area contributed by atoms with E-state index in [-0.39, 0.29) is 6.10 Å². The number of benzene rings is 1. The number of methoxy groups -OCH3 is 1. The van der Waals surface area contributed by atoms with Crippen molar-refractivity contribution >= 4 is 0 Å². The summed E-state index contributed by atoms with van der Waals surface area (Å²) in [4.78, 5) is 0. The van der Waals surface area contributed by atoms with Crippen LogP contribution in [0.4, 0.5) is 0 Å². The Morgan fingerprint density at radius 1 is 1.12 bits per heavy atom. The number of aliphatic hydroxyl groups is 1. The van der Waals surface area contributed by atoms with Gasteiger partial charge in [0.1, 0.15) is 6.10 Å². The SMILES string of the molecule is CCC(CC)CC(O)C(OC)c1ccccc1. The Labute approximate surface area is 105 Å². The Morgan fingerprint density at radius 2 is 1.71 bits per heavy atom. The smallest absolute Gasteiger partial charge is 0.108 e. The normalized spacial score (nSPS) is 14.9. The molecule has 0 aliphatic carbocycles. The zero-order valence-corrected chi connectivity index (χ0v) is 11.1. The molecule has 0 fully saturated rings. The van der Waals surface area contributed by atoms with E-state index in [1.165, 1.54) is 0 Å². The average molecular weight is 236 g/mol. The predicted octanol–water partition coefficient (Wildman–Crippen LogP) is 3.56. The first kappa shape index (κ1) is 14.2. The third kappa shape index (κ3) is 4.14. The summed E-state index contributed by atoms with van der Waals surface area (Å²) in [5.41, 5.74) is 1.05. The van der Waals surface area contributed by atoms with E-state index in [9.17, 15) is 5.11 Å². The molecule has 0 spiro atoms. The van der Waals surface area contributed by atoms with E-state index >= 15 is 0 Å². The van der Waals surface area contributed by atoms with Gasteiger partial charge in [0.15, 0.2) is 0 Å². The number of hydrogen-bond acceptors (Lipinski definition) is 2. The summed E-state index contributed by atoms with van der Waals surface area (Å²) in [6, 6.07) is 9.94. The van der Waals surface area contributed by atoms with Crippen LogP contribution in [0.3, 0.4) is 0 Å². The standard InChI is InChI=1S/C15H24O2/c1-4-12(5-2)11-14(16)15(17-3)13-9-7-6-8-10-13/h6-10,12,14-16H,4-5,11H2,1-3H3. The second-order valence-corrected chi connectivity index (χ2v) is 4.55. The van der Waals surface area contributed by atoms with Crippen molar-refractivity contribution in [3.63, 3.8) is 0 Å². The van der Waals surface area contributed by atoms with Gasteiger partial charge in [-0.1, -0.05) is 57.0 Å². The van der Waals surface area contributed by atoms with E-state index in [2.05, 4.69) is 13.8 Å². The fourth-order valence-corrected chi connectivity index (χ4v) is 2.25. The Balaban J connectivity index is 2.67. The number of ether oxygens (including phenoxy) is 1. The van der Waals surface area contributed by atoms with Crippen LogP contribution in [0.15, 0.2) is 30.3 Å². The lowest BCUT2D eigenvalue weighted by Gasteiger charge is -2.25. The zero-order chi connectivity index (χ0) is 12.7. The Kier molecular flexibility index (Phi) is 6.23. The van der Waals surface area contributed by atoms with Gasteiger partial charge in [-0.3, -0.25) is 0 Å². The van der Waals surface area contributed by atoms with Gasteiger partial charge >= 0.3 is 0 Å². The van der Waals surface area contributed by atoms with Crippen LogP contribution in [0, 0.1) is 5.92 Å². The van der Waals surface area contributed by atoms with Crippen LogP contribution in [-0.2, 0) is 4.74 Å². The highest BCUT2D eigenvalue weighted by Gasteiger charge is 2.22. The fourth-order valence-electron chi connectivity index (χ4n) is 2.25. The summed E-state index contributed by atoms with van der Waals surface area (Å²) in [5, 5.41) is 10.3. The second kappa shape index (κ2) is 7.46. The number of aliphatic hydroxyl groups excluding tert-OH is 1. The molecule has 2 nitrogen and oxygen atoms in total. The van der Waals surface area contributed by atoms with Gasteiger partial charge in [0.2, 0.25) is 0 Å². The first-order valence-electron chi connectivity index (χ1n) is 6.48. The largest absolute Gasteiger partial charge is 0.390 e. The molecule has 0 radical (unpaired) electrons. The van der Waals surface area contributed by atoms with Crippen LogP contribution in [0.5, 0.6) is 0 Å². The monoisotopic (exact) mass is 236 g/mol. The van der Waals surface area contributed by atoms with E-state index in [1.54, 1.807) is 7.11 Å². The highest BCUT2D eigenvalue weighted by atomic mass is 16.5. The fraction of sp³-hybridized carbons (Fsp3) is 0.600. The van der Waals surface area contributed by atoms with Crippen molar-refractivity contribution in [3.05, 3.63) is 35.9 Å².